The van der Waals surface area contributed by atoms with E-state index in [1.807, 2.05) is 31.2 Å². The van der Waals surface area contributed by atoms with Gasteiger partial charge in [0.05, 0.1) is 12.8 Å². The number of aromatic hydroxyl groups is 1. The molecule has 0 atom stereocenters. The average molecular weight is 309 g/mol. The Bertz CT molecular complexity index is 940. The standard InChI is InChI=1S/C18H15NO4/c1-11-7-18(21)23-17-9-16(20)12(8-15(11)17)10-19-13-3-5-14(22-2)6-4-13/h3-10,20H,1-2H3. The van der Waals surface area contributed by atoms with E-state index in [4.69, 9.17) is 9.15 Å². The van der Waals surface area contributed by atoms with Crippen molar-refractivity contribution >= 4 is 22.9 Å². The molecule has 1 heterocycles. The van der Waals surface area contributed by atoms with E-state index in [0.29, 0.717) is 11.1 Å². The van der Waals surface area contributed by atoms with Crippen molar-refractivity contribution in [3.05, 3.63) is 64.0 Å². The first-order valence-corrected chi connectivity index (χ1v) is 7.02. The molecule has 3 rings (SSSR count). The summed E-state index contributed by atoms with van der Waals surface area (Å²) in [6.45, 7) is 1.82. The first-order valence-electron chi connectivity index (χ1n) is 7.02. The molecule has 1 N–H and O–H groups in total. The van der Waals surface area contributed by atoms with Crippen LogP contribution in [0.1, 0.15) is 11.1 Å². The second kappa shape index (κ2) is 5.96. The lowest BCUT2D eigenvalue weighted by molar-refractivity contribution is 0.415. The Morgan fingerprint density at radius 3 is 2.61 bits per heavy atom. The minimum Gasteiger partial charge on any atom is -0.507 e. The molecule has 0 amide bonds. The summed E-state index contributed by atoms with van der Waals surface area (Å²) >= 11 is 0. The normalized spacial score (nSPS) is 11.2. The van der Waals surface area contributed by atoms with E-state index in [2.05, 4.69) is 4.99 Å². The lowest BCUT2D eigenvalue weighted by atomic mass is 10.1. The Hall–Kier alpha value is -3.08. The maximum atomic E-state index is 11.4. The molecule has 5 nitrogen and oxygen atoms in total. The van der Waals surface area contributed by atoms with Crippen LogP contribution in [0.5, 0.6) is 11.5 Å². The van der Waals surface area contributed by atoms with Crippen molar-refractivity contribution in [3.8, 4) is 11.5 Å². The van der Waals surface area contributed by atoms with Gasteiger partial charge in [-0.25, -0.2) is 4.79 Å². The third-order valence-electron chi connectivity index (χ3n) is 3.52. The van der Waals surface area contributed by atoms with Crippen molar-refractivity contribution in [2.24, 2.45) is 4.99 Å². The molecule has 0 unspecified atom stereocenters. The highest BCUT2D eigenvalue weighted by molar-refractivity contribution is 5.93. The molecular weight excluding hydrogens is 294 g/mol. The molecule has 1 aromatic heterocycles. The molecule has 0 radical (unpaired) electrons. The third kappa shape index (κ3) is 3.08. The van der Waals surface area contributed by atoms with Gasteiger partial charge in [0.25, 0.3) is 0 Å². The van der Waals surface area contributed by atoms with E-state index in [9.17, 15) is 9.90 Å². The Morgan fingerprint density at radius 2 is 1.91 bits per heavy atom. The van der Waals surface area contributed by atoms with E-state index in [0.717, 1.165) is 22.4 Å². The third-order valence-corrected chi connectivity index (χ3v) is 3.52. The maximum Gasteiger partial charge on any atom is 0.336 e. The van der Waals surface area contributed by atoms with Crippen LogP contribution in [0.15, 0.2) is 56.7 Å². The largest absolute Gasteiger partial charge is 0.507 e. The van der Waals surface area contributed by atoms with Crippen molar-refractivity contribution < 1.29 is 14.3 Å². The molecule has 116 valence electrons. The Labute approximate surface area is 132 Å². The first-order chi connectivity index (χ1) is 11.1. The molecule has 0 saturated carbocycles. The van der Waals surface area contributed by atoms with Crippen LogP contribution in [0.2, 0.25) is 0 Å². The van der Waals surface area contributed by atoms with Crippen LogP contribution < -0.4 is 10.4 Å². The zero-order chi connectivity index (χ0) is 16.4. The highest BCUT2D eigenvalue weighted by Gasteiger charge is 2.07. The van der Waals surface area contributed by atoms with Crippen LogP contribution in [-0.2, 0) is 0 Å². The SMILES string of the molecule is COc1ccc(N=Cc2cc3c(C)cc(=O)oc3cc2O)cc1. The quantitative estimate of drug-likeness (QED) is 0.593. The number of phenols is 1. The molecule has 3 aromatic rings. The smallest absolute Gasteiger partial charge is 0.336 e. The highest BCUT2D eigenvalue weighted by Crippen LogP contribution is 2.26. The van der Waals surface area contributed by atoms with E-state index in [1.165, 1.54) is 12.1 Å². The molecule has 0 aliphatic rings. The van der Waals surface area contributed by atoms with Gasteiger partial charge in [-0.05, 0) is 42.8 Å². The number of hydrogen-bond acceptors (Lipinski definition) is 5. The molecule has 0 saturated heterocycles. The van der Waals surface area contributed by atoms with Crippen LogP contribution in [0.4, 0.5) is 5.69 Å². The summed E-state index contributed by atoms with van der Waals surface area (Å²) in [6, 6.07) is 11.9. The van der Waals surface area contributed by atoms with Crippen LogP contribution in [0.3, 0.4) is 0 Å². The zero-order valence-electron chi connectivity index (χ0n) is 12.7. The van der Waals surface area contributed by atoms with Gasteiger partial charge in [-0.3, -0.25) is 4.99 Å². The number of ether oxygens (including phenoxy) is 1. The van der Waals surface area contributed by atoms with E-state index < -0.39 is 5.63 Å². The lowest BCUT2D eigenvalue weighted by Gasteiger charge is -2.04. The summed E-state index contributed by atoms with van der Waals surface area (Å²) in [5.41, 5.74) is 1.99. The Morgan fingerprint density at radius 1 is 1.17 bits per heavy atom. The number of benzene rings is 2. The van der Waals surface area contributed by atoms with E-state index in [-0.39, 0.29) is 5.75 Å². The Kier molecular flexibility index (Phi) is 3.85. The molecule has 2 aromatic carbocycles. The predicted molar refractivity (Wildman–Crippen MR) is 89.1 cm³/mol. The summed E-state index contributed by atoms with van der Waals surface area (Å²) in [5, 5.41) is 10.8. The molecule has 0 fully saturated rings. The fourth-order valence-electron chi connectivity index (χ4n) is 2.29. The topological polar surface area (TPSA) is 72.0 Å². The van der Waals surface area contributed by atoms with E-state index >= 15 is 0 Å². The van der Waals surface area contributed by atoms with Gasteiger partial charge in [-0.2, -0.15) is 0 Å². The second-order valence-electron chi connectivity index (χ2n) is 5.11. The van der Waals surface area contributed by atoms with E-state index in [1.54, 1.807) is 19.4 Å². The summed E-state index contributed by atoms with van der Waals surface area (Å²) < 4.78 is 10.2. The Balaban J connectivity index is 2.00. The van der Waals surface area contributed by atoms with Crippen LogP contribution >= 0.6 is 0 Å². The van der Waals surface area contributed by atoms with Gasteiger partial charge < -0.3 is 14.3 Å². The number of methoxy groups -OCH3 is 1. The second-order valence-corrected chi connectivity index (χ2v) is 5.11. The number of fused-ring (bicyclic) bond motifs is 1. The molecule has 23 heavy (non-hydrogen) atoms. The van der Waals surface area contributed by atoms with Crippen molar-refractivity contribution in [2.75, 3.05) is 7.11 Å². The number of hydrogen-bond donors (Lipinski definition) is 1. The molecule has 0 bridgehead atoms. The van der Waals surface area contributed by atoms with Gasteiger partial charge in [-0.1, -0.05) is 0 Å². The van der Waals surface area contributed by atoms with Crippen molar-refractivity contribution in [1.29, 1.82) is 0 Å². The van der Waals surface area contributed by atoms with Gasteiger partial charge in [0.15, 0.2) is 0 Å². The molecular formula is C18H15NO4. The highest BCUT2D eigenvalue weighted by atomic mass is 16.5. The predicted octanol–water partition coefficient (Wildman–Crippen LogP) is 3.57. The summed E-state index contributed by atoms with van der Waals surface area (Å²) in [7, 11) is 1.60. The summed E-state index contributed by atoms with van der Waals surface area (Å²) in [6.07, 6.45) is 1.57. The minimum absolute atomic E-state index is 0.00325. The van der Waals surface area contributed by atoms with Crippen molar-refractivity contribution in [2.45, 2.75) is 6.92 Å². The fraction of sp³-hybridized carbons (Fsp3) is 0.111. The van der Waals surface area contributed by atoms with Crippen LogP contribution in [0, 0.1) is 6.92 Å². The average Bonchev–Trinajstić information content (AvgIpc) is 2.53. The zero-order valence-corrected chi connectivity index (χ0v) is 12.7. The molecule has 0 aliphatic heterocycles. The molecule has 0 spiro atoms. The fourth-order valence-corrected chi connectivity index (χ4v) is 2.29. The van der Waals surface area contributed by atoms with Gasteiger partial charge in [0, 0.05) is 29.3 Å². The van der Waals surface area contributed by atoms with Gasteiger partial charge in [-0.15, -0.1) is 0 Å². The summed E-state index contributed by atoms with van der Waals surface area (Å²) in [5.74, 6) is 0.756. The summed E-state index contributed by atoms with van der Waals surface area (Å²) in [4.78, 5) is 15.7. The maximum absolute atomic E-state index is 11.4. The monoisotopic (exact) mass is 309 g/mol. The van der Waals surface area contributed by atoms with Crippen LogP contribution in [-0.4, -0.2) is 18.4 Å². The van der Waals surface area contributed by atoms with Crippen molar-refractivity contribution in [3.63, 3.8) is 0 Å². The lowest BCUT2D eigenvalue weighted by Crippen LogP contribution is -1.98. The number of phenolic OH excluding ortho intramolecular Hbond substituents is 1. The number of aliphatic imine (C=N–C) groups is 1. The van der Waals surface area contributed by atoms with Crippen molar-refractivity contribution in [1.82, 2.24) is 0 Å². The van der Waals surface area contributed by atoms with Gasteiger partial charge >= 0.3 is 5.63 Å². The van der Waals surface area contributed by atoms with Gasteiger partial charge in [0.2, 0.25) is 0 Å². The minimum atomic E-state index is -0.436. The number of aryl methyl sites for hydroxylation is 1. The molecule has 0 aliphatic carbocycles. The van der Waals surface area contributed by atoms with Gasteiger partial charge in [0.1, 0.15) is 17.1 Å². The number of nitrogens with zero attached hydrogens (tertiary/aromatic N) is 1. The number of rotatable bonds is 3. The first kappa shape index (κ1) is 14.8. The van der Waals surface area contributed by atoms with Crippen LogP contribution in [0.25, 0.3) is 11.0 Å². The molecule has 5 heteroatoms.